The highest BCUT2D eigenvalue weighted by atomic mass is 16.5. The molecule has 2 heterocycles. The molecule has 2 saturated heterocycles. The normalized spacial score (nSPS) is 28.0. The van der Waals surface area contributed by atoms with Crippen LogP contribution in [0.25, 0.3) is 0 Å². The first-order valence-corrected chi connectivity index (χ1v) is 9.35. The second-order valence-corrected chi connectivity index (χ2v) is 7.56. The number of ether oxygens (including phenoxy) is 1. The van der Waals surface area contributed by atoms with Crippen molar-refractivity contribution in [2.24, 2.45) is 11.8 Å². The minimum atomic E-state index is -0.661. The van der Waals surface area contributed by atoms with E-state index in [1.165, 1.54) is 0 Å². The van der Waals surface area contributed by atoms with Crippen LogP contribution in [0, 0.1) is 11.8 Å². The molecule has 0 aliphatic carbocycles. The SMILES string of the molecule is C[C@@H]1CN(C(=O)CN(C)c2ccccc2)CC[C@@]1(O)C1CCOCC1. The summed E-state index contributed by atoms with van der Waals surface area (Å²) in [7, 11) is 1.94. The summed E-state index contributed by atoms with van der Waals surface area (Å²) in [5, 5.41) is 11.2. The quantitative estimate of drug-likeness (QED) is 0.908. The van der Waals surface area contributed by atoms with Crippen molar-refractivity contribution in [2.75, 3.05) is 44.8 Å². The fraction of sp³-hybridized carbons (Fsp3) is 0.650. The lowest BCUT2D eigenvalue weighted by atomic mass is 9.70. The summed E-state index contributed by atoms with van der Waals surface area (Å²) in [4.78, 5) is 16.6. The number of benzene rings is 1. The van der Waals surface area contributed by atoms with Gasteiger partial charge in [0, 0.05) is 45.0 Å². The maximum absolute atomic E-state index is 12.7. The highest BCUT2D eigenvalue weighted by molar-refractivity contribution is 5.81. The van der Waals surface area contributed by atoms with Crippen LogP contribution in [0.2, 0.25) is 0 Å². The van der Waals surface area contributed by atoms with Gasteiger partial charge >= 0.3 is 0 Å². The Morgan fingerprint density at radius 2 is 2.00 bits per heavy atom. The fourth-order valence-corrected chi connectivity index (χ4v) is 4.25. The second kappa shape index (κ2) is 7.75. The molecular weight excluding hydrogens is 316 g/mol. The van der Waals surface area contributed by atoms with Gasteiger partial charge in [-0.15, -0.1) is 0 Å². The summed E-state index contributed by atoms with van der Waals surface area (Å²) >= 11 is 0. The molecule has 0 radical (unpaired) electrons. The number of hydrogen-bond acceptors (Lipinski definition) is 4. The topological polar surface area (TPSA) is 53.0 Å². The van der Waals surface area contributed by atoms with Gasteiger partial charge in [-0.2, -0.15) is 0 Å². The van der Waals surface area contributed by atoms with Crippen molar-refractivity contribution in [1.82, 2.24) is 4.90 Å². The van der Waals surface area contributed by atoms with E-state index in [-0.39, 0.29) is 11.8 Å². The number of anilines is 1. The third kappa shape index (κ3) is 3.98. The van der Waals surface area contributed by atoms with E-state index in [0.717, 1.165) is 31.7 Å². The smallest absolute Gasteiger partial charge is 0.242 e. The van der Waals surface area contributed by atoms with Gasteiger partial charge in [-0.05, 0) is 37.3 Å². The number of hydrogen-bond donors (Lipinski definition) is 1. The van der Waals surface area contributed by atoms with Gasteiger partial charge in [-0.3, -0.25) is 4.79 Å². The maximum atomic E-state index is 12.7. The van der Waals surface area contributed by atoms with E-state index in [0.29, 0.717) is 32.0 Å². The highest BCUT2D eigenvalue weighted by Crippen LogP contribution is 2.39. The minimum absolute atomic E-state index is 0.0929. The largest absolute Gasteiger partial charge is 0.389 e. The average Bonchev–Trinajstić information content (AvgIpc) is 2.65. The lowest BCUT2D eigenvalue weighted by molar-refractivity contribution is -0.150. The van der Waals surface area contributed by atoms with Crippen molar-refractivity contribution in [2.45, 2.75) is 31.8 Å². The standard InChI is InChI=1S/C20H30N2O3/c1-16-14-22(11-10-20(16,24)17-8-12-25-13-9-17)19(23)15-21(2)18-6-4-3-5-7-18/h3-7,16-17,24H,8-15H2,1-2H3/t16-,20+/m1/s1. The van der Waals surface area contributed by atoms with Crippen molar-refractivity contribution in [3.8, 4) is 0 Å². The molecular formula is C20H30N2O3. The van der Waals surface area contributed by atoms with Crippen molar-refractivity contribution in [3.05, 3.63) is 30.3 Å². The van der Waals surface area contributed by atoms with Gasteiger partial charge in [0.05, 0.1) is 12.1 Å². The number of carbonyl (C=O) groups excluding carboxylic acids is 1. The number of rotatable bonds is 4. The van der Waals surface area contributed by atoms with Crippen LogP contribution < -0.4 is 4.90 Å². The van der Waals surface area contributed by atoms with E-state index in [1.54, 1.807) is 0 Å². The Hall–Kier alpha value is -1.59. The van der Waals surface area contributed by atoms with Crippen molar-refractivity contribution in [3.63, 3.8) is 0 Å². The lowest BCUT2D eigenvalue weighted by Crippen LogP contribution is -2.57. The number of likely N-dealkylation sites (N-methyl/N-ethyl adjacent to an activating group) is 1. The van der Waals surface area contributed by atoms with Crippen LogP contribution in [0.15, 0.2) is 30.3 Å². The predicted molar refractivity (Wildman–Crippen MR) is 98.6 cm³/mol. The first-order valence-electron chi connectivity index (χ1n) is 9.35. The van der Waals surface area contributed by atoms with E-state index in [4.69, 9.17) is 4.74 Å². The Balaban J connectivity index is 1.57. The number of para-hydroxylation sites is 1. The van der Waals surface area contributed by atoms with E-state index >= 15 is 0 Å². The summed E-state index contributed by atoms with van der Waals surface area (Å²) in [6, 6.07) is 9.95. The van der Waals surface area contributed by atoms with Gasteiger partial charge in [-0.25, -0.2) is 0 Å². The molecule has 138 valence electrons. The number of likely N-dealkylation sites (tertiary alicyclic amines) is 1. The summed E-state index contributed by atoms with van der Waals surface area (Å²) < 4.78 is 5.43. The molecule has 0 unspecified atom stereocenters. The first-order chi connectivity index (χ1) is 12.0. The Morgan fingerprint density at radius 1 is 1.32 bits per heavy atom. The van der Waals surface area contributed by atoms with Gasteiger partial charge in [-0.1, -0.05) is 25.1 Å². The van der Waals surface area contributed by atoms with Crippen LogP contribution in [-0.2, 0) is 9.53 Å². The maximum Gasteiger partial charge on any atom is 0.242 e. The molecule has 5 heteroatoms. The lowest BCUT2D eigenvalue weighted by Gasteiger charge is -2.48. The van der Waals surface area contributed by atoms with Crippen molar-refractivity contribution in [1.29, 1.82) is 0 Å². The average molecular weight is 346 g/mol. The molecule has 1 aromatic rings. The monoisotopic (exact) mass is 346 g/mol. The minimum Gasteiger partial charge on any atom is -0.389 e. The summed E-state index contributed by atoms with van der Waals surface area (Å²) in [6.45, 7) is 5.20. The Morgan fingerprint density at radius 3 is 2.64 bits per heavy atom. The molecule has 2 fully saturated rings. The van der Waals surface area contributed by atoms with Crippen molar-refractivity contribution < 1.29 is 14.6 Å². The molecule has 5 nitrogen and oxygen atoms in total. The molecule has 2 atom stereocenters. The number of carbonyl (C=O) groups is 1. The molecule has 0 bridgehead atoms. The zero-order valence-corrected chi connectivity index (χ0v) is 15.4. The van der Waals surface area contributed by atoms with E-state index < -0.39 is 5.60 Å². The Bertz CT molecular complexity index is 574. The molecule has 3 rings (SSSR count). The number of amides is 1. The zero-order valence-electron chi connectivity index (χ0n) is 15.4. The van der Waals surface area contributed by atoms with Gasteiger partial charge < -0.3 is 19.6 Å². The second-order valence-electron chi connectivity index (χ2n) is 7.56. The molecule has 0 saturated carbocycles. The van der Waals surface area contributed by atoms with Crippen LogP contribution in [-0.4, -0.2) is 61.4 Å². The third-order valence-corrected chi connectivity index (χ3v) is 5.98. The fourth-order valence-electron chi connectivity index (χ4n) is 4.25. The van der Waals surface area contributed by atoms with E-state index in [2.05, 4.69) is 6.92 Å². The van der Waals surface area contributed by atoms with Crippen LogP contribution in [0.1, 0.15) is 26.2 Å². The molecule has 1 amide bonds. The van der Waals surface area contributed by atoms with Crippen LogP contribution in [0.3, 0.4) is 0 Å². The third-order valence-electron chi connectivity index (χ3n) is 5.98. The van der Waals surface area contributed by atoms with Gasteiger partial charge in [0.1, 0.15) is 0 Å². The van der Waals surface area contributed by atoms with Crippen LogP contribution >= 0.6 is 0 Å². The molecule has 1 aromatic carbocycles. The van der Waals surface area contributed by atoms with Crippen LogP contribution in [0.4, 0.5) is 5.69 Å². The van der Waals surface area contributed by atoms with Crippen molar-refractivity contribution >= 4 is 11.6 Å². The van der Waals surface area contributed by atoms with E-state index in [1.807, 2.05) is 47.2 Å². The summed E-state index contributed by atoms with van der Waals surface area (Å²) in [5.74, 6) is 0.517. The molecule has 25 heavy (non-hydrogen) atoms. The van der Waals surface area contributed by atoms with E-state index in [9.17, 15) is 9.90 Å². The molecule has 1 N–H and O–H groups in total. The molecule has 0 aromatic heterocycles. The predicted octanol–water partition coefficient (Wildman–Crippen LogP) is 2.15. The highest BCUT2D eigenvalue weighted by Gasteiger charge is 2.45. The molecule has 0 spiro atoms. The number of nitrogens with zero attached hydrogens (tertiary/aromatic N) is 2. The summed E-state index contributed by atoms with van der Waals surface area (Å²) in [6.07, 6.45) is 2.51. The van der Waals surface area contributed by atoms with Gasteiger partial charge in [0.25, 0.3) is 0 Å². The van der Waals surface area contributed by atoms with Crippen LogP contribution in [0.5, 0.6) is 0 Å². The zero-order chi connectivity index (χ0) is 17.9. The first kappa shape index (κ1) is 18.2. The number of aliphatic hydroxyl groups is 1. The van der Waals surface area contributed by atoms with Gasteiger partial charge in [0.15, 0.2) is 0 Å². The van der Waals surface area contributed by atoms with Gasteiger partial charge in [0.2, 0.25) is 5.91 Å². The molecule has 2 aliphatic rings. The number of piperidine rings is 1. The Labute approximate surface area is 150 Å². The molecule has 2 aliphatic heterocycles. The Kier molecular flexibility index (Phi) is 5.64. The summed E-state index contributed by atoms with van der Waals surface area (Å²) in [5.41, 5.74) is 0.380.